The van der Waals surface area contributed by atoms with Crippen LogP contribution in [-0.4, -0.2) is 35.1 Å². The Bertz CT molecular complexity index is 242. The first-order valence-corrected chi connectivity index (χ1v) is 6.19. The first kappa shape index (κ1) is 10.9. The number of carboxylic acids is 1. The van der Waals surface area contributed by atoms with Crippen LogP contribution in [-0.2, 0) is 4.79 Å². The number of hydrogen-bond donors (Lipinski definition) is 1. The molecule has 0 aromatic rings. The lowest BCUT2D eigenvalue weighted by molar-refractivity contribution is -0.146. The first-order valence-electron chi connectivity index (χ1n) is 6.19. The lowest BCUT2D eigenvalue weighted by Crippen LogP contribution is -2.51. The highest BCUT2D eigenvalue weighted by Gasteiger charge is 2.38. The Morgan fingerprint density at radius 1 is 1.33 bits per heavy atom. The van der Waals surface area contributed by atoms with Crippen molar-refractivity contribution in [3.8, 4) is 0 Å². The molecule has 1 aliphatic heterocycles. The molecule has 1 heterocycles. The number of fused-ring (bicyclic) bond motifs is 1. The number of hydrogen-bond acceptors (Lipinski definition) is 2. The third-order valence-electron chi connectivity index (χ3n) is 4.19. The van der Waals surface area contributed by atoms with E-state index >= 15 is 0 Å². The zero-order valence-corrected chi connectivity index (χ0v) is 9.48. The lowest BCUT2D eigenvalue weighted by atomic mass is 9.73. The van der Waals surface area contributed by atoms with E-state index in [-0.39, 0.29) is 6.04 Å². The standard InChI is InChI=1S/C12H21NO2/c1-2-13-8-10-6-4-3-5-9(10)7-11(13)12(14)15/h9-11H,2-8H2,1H3,(H,14,15). The van der Waals surface area contributed by atoms with Gasteiger partial charge in [0.25, 0.3) is 0 Å². The Hall–Kier alpha value is -0.570. The highest BCUT2D eigenvalue weighted by Crippen LogP contribution is 2.38. The molecular formula is C12H21NO2. The van der Waals surface area contributed by atoms with Gasteiger partial charge in [-0.2, -0.15) is 0 Å². The van der Waals surface area contributed by atoms with Gasteiger partial charge in [-0.15, -0.1) is 0 Å². The van der Waals surface area contributed by atoms with Crippen LogP contribution in [0.2, 0.25) is 0 Å². The summed E-state index contributed by atoms with van der Waals surface area (Å²) in [6.45, 7) is 3.96. The number of rotatable bonds is 2. The van der Waals surface area contributed by atoms with E-state index in [0.29, 0.717) is 5.92 Å². The zero-order chi connectivity index (χ0) is 10.8. The van der Waals surface area contributed by atoms with Crippen LogP contribution < -0.4 is 0 Å². The molecule has 2 fully saturated rings. The van der Waals surface area contributed by atoms with Gasteiger partial charge in [-0.25, -0.2) is 0 Å². The highest BCUT2D eigenvalue weighted by molar-refractivity contribution is 5.73. The van der Waals surface area contributed by atoms with Gasteiger partial charge in [-0.05, 0) is 31.2 Å². The summed E-state index contributed by atoms with van der Waals surface area (Å²) in [7, 11) is 0. The van der Waals surface area contributed by atoms with Gasteiger partial charge in [0.2, 0.25) is 0 Å². The second kappa shape index (κ2) is 4.52. The Morgan fingerprint density at radius 2 is 2.00 bits per heavy atom. The van der Waals surface area contributed by atoms with Crippen LogP contribution in [0.4, 0.5) is 0 Å². The second-order valence-corrected chi connectivity index (χ2v) is 4.98. The fourth-order valence-electron chi connectivity index (χ4n) is 3.31. The molecule has 0 amide bonds. The average Bonchev–Trinajstić information content (AvgIpc) is 2.27. The number of piperidine rings is 1. The summed E-state index contributed by atoms with van der Waals surface area (Å²) in [4.78, 5) is 13.3. The highest BCUT2D eigenvalue weighted by atomic mass is 16.4. The van der Waals surface area contributed by atoms with Gasteiger partial charge < -0.3 is 5.11 Å². The van der Waals surface area contributed by atoms with E-state index in [1.807, 2.05) is 0 Å². The molecule has 1 N–H and O–H groups in total. The van der Waals surface area contributed by atoms with E-state index in [1.165, 1.54) is 25.7 Å². The molecule has 0 aromatic heterocycles. The number of carbonyl (C=O) groups is 1. The predicted octanol–water partition coefficient (Wildman–Crippen LogP) is 1.97. The van der Waals surface area contributed by atoms with Crippen molar-refractivity contribution in [3.05, 3.63) is 0 Å². The Labute approximate surface area is 91.5 Å². The topological polar surface area (TPSA) is 40.5 Å². The van der Waals surface area contributed by atoms with Gasteiger partial charge in [-0.3, -0.25) is 9.69 Å². The number of carboxylic acid groups (broad SMARTS) is 1. The molecule has 86 valence electrons. The number of aliphatic carboxylic acids is 1. The number of nitrogens with zero attached hydrogens (tertiary/aromatic N) is 1. The minimum Gasteiger partial charge on any atom is -0.480 e. The van der Waals surface area contributed by atoms with E-state index in [1.54, 1.807) is 0 Å². The van der Waals surface area contributed by atoms with Gasteiger partial charge in [0.15, 0.2) is 0 Å². The largest absolute Gasteiger partial charge is 0.480 e. The SMILES string of the molecule is CCN1CC2CCCCC2CC1C(=O)O. The Kier molecular flexibility index (Phi) is 3.29. The third-order valence-corrected chi connectivity index (χ3v) is 4.19. The summed E-state index contributed by atoms with van der Waals surface area (Å²) in [6, 6.07) is -0.214. The molecule has 0 radical (unpaired) electrons. The monoisotopic (exact) mass is 211 g/mol. The second-order valence-electron chi connectivity index (χ2n) is 4.98. The fraction of sp³-hybridized carbons (Fsp3) is 0.917. The maximum absolute atomic E-state index is 11.2. The first-order chi connectivity index (χ1) is 7.22. The van der Waals surface area contributed by atoms with Gasteiger partial charge >= 0.3 is 5.97 Å². The van der Waals surface area contributed by atoms with Gasteiger partial charge in [0, 0.05) is 6.54 Å². The molecule has 0 aromatic carbocycles. The Morgan fingerprint density at radius 3 is 2.60 bits per heavy atom. The lowest BCUT2D eigenvalue weighted by Gasteiger charge is -2.44. The van der Waals surface area contributed by atoms with Crippen LogP contribution in [0.3, 0.4) is 0 Å². The maximum atomic E-state index is 11.2. The molecule has 3 heteroatoms. The summed E-state index contributed by atoms with van der Waals surface area (Å²) in [6.07, 6.45) is 6.10. The molecule has 2 aliphatic rings. The molecule has 3 nitrogen and oxygen atoms in total. The van der Waals surface area contributed by atoms with Crippen molar-refractivity contribution in [2.75, 3.05) is 13.1 Å². The smallest absolute Gasteiger partial charge is 0.320 e. The molecule has 2 rings (SSSR count). The van der Waals surface area contributed by atoms with Crippen LogP contribution >= 0.6 is 0 Å². The molecular weight excluding hydrogens is 190 g/mol. The van der Waals surface area contributed by atoms with Crippen LogP contribution in [0.1, 0.15) is 39.0 Å². The van der Waals surface area contributed by atoms with E-state index in [9.17, 15) is 9.90 Å². The van der Waals surface area contributed by atoms with Crippen molar-refractivity contribution < 1.29 is 9.90 Å². The van der Waals surface area contributed by atoms with Crippen LogP contribution in [0.25, 0.3) is 0 Å². The quantitative estimate of drug-likeness (QED) is 0.759. The average molecular weight is 211 g/mol. The zero-order valence-electron chi connectivity index (χ0n) is 9.48. The van der Waals surface area contributed by atoms with E-state index in [0.717, 1.165) is 25.4 Å². The van der Waals surface area contributed by atoms with Gasteiger partial charge in [0.1, 0.15) is 6.04 Å². The number of likely N-dealkylation sites (tertiary alicyclic amines) is 1. The van der Waals surface area contributed by atoms with Crippen LogP contribution in [0.5, 0.6) is 0 Å². The van der Waals surface area contributed by atoms with Gasteiger partial charge in [-0.1, -0.05) is 26.2 Å². The van der Waals surface area contributed by atoms with Crippen molar-refractivity contribution in [1.82, 2.24) is 4.90 Å². The van der Waals surface area contributed by atoms with Crippen LogP contribution in [0, 0.1) is 11.8 Å². The third kappa shape index (κ3) is 2.17. The Balaban J connectivity index is 2.05. The summed E-state index contributed by atoms with van der Waals surface area (Å²) in [5, 5.41) is 9.19. The molecule has 3 atom stereocenters. The summed E-state index contributed by atoms with van der Waals surface area (Å²) in [5.74, 6) is 0.831. The van der Waals surface area contributed by atoms with E-state index in [4.69, 9.17) is 0 Å². The van der Waals surface area contributed by atoms with E-state index < -0.39 is 5.97 Å². The normalized spacial score (nSPS) is 37.3. The summed E-state index contributed by atoms with van der Waals surface area (Å²) in [5.41, 5.74) is 0. The minimum atomic E-state index is -0.624. The molecule has 0 bridgehead atoms. The summed E-state index contributed by atoms with van der Waals surface area (Å²) >= 11 is 0. The molecule has 15 heavy (non-hydrogen) atoms. The minimum absolute atomic E-state index is 0.214. The predicted molar refractivity (Wildman–Crippen MR) is 58.7 cm³/mol. The van der Waals surface area contributed by atoms with Gasteiger partial charge in [0.05, 0.1) is 0 Å². The molecule has 1 aliphatic carbocycles. The van der Waals surface area contributed by atoms with Crippen LogP contribution in [0.15, 0.2) is 0 Å². The van der Waals surface area contributed by atoms with Crippen molar-refractivity contribution in [2.45, 2.75) is 45.1 Å². The fourth-order valence-corrected chi connectivity index (χ4v) is 3.31. The van der Waals surface area contributed by atoms with E-state index in [2.05, 4.69) is 11.8 Å². The summed E-state index contributed by atoms with van der Waals surface area (Å²) < 4.78 is 0. The molecule has 0 spiro atoms. The molecule has 1 saturated heterocycles. The maximum Gasteiger partial charge on any atom is 0.320 e. The molecule has 1 saturated carbocycles. The van der Waals surface area contributed by atoms with Crippen molar-refractivity contribution in [3.63, 3.8) is 0 Å². The molecule has 3 unspecified atom stereocenters. The van der Waals surface area contributed by atoms with Crippen molar-refractivity contribution in [2.24, 2.45) is 11.8 Å². The number of likely N-dealkylation sites (N-methyl/N-ethyl adjacent to an activating group) is 1. The van der Waals surface area contributed by atoms with Crippen molar-refractivity contribution in [1.29, 1.82) is 0 Å². The van der Waals surface area contributed by atoms with Crippen molar-refractivity contribution >= 4 is 5.97 Å².